The van der Waals surface area contributed by atoms with E-state index in [0.29, 0.717) is 17.5 Å². The largest absolute Gasteiger partial charge is 0.395 e. The Labute approximate surface area is 91.9 Å². The maximum atomic E-state index is 8.83. The molecule has 0 saturated heterocycles. The molecule has 0 spiro atoms. The molecule has 5 nitrogen and oxygen atoms in total. The molecule has 0 atom stereocenters. The fourth-order valence-electron chi connectivity index (χ4n) is 1.36. The van der Waals surface area contributed by atoms with Crippen LogP contribution < -0.4 is 4.90 Å². The molecule has 6 heteroatoms. The molecule has 0 unspecified atom stereocenters. The Kier molecular flexibility index (Phi) is 2.75. The average Bonchev–Trinajstić information content (AvgIpc) is 2.60. The van der Waals surface area contributed by atoms with Gasteiger partial charge in [0.2, 0.25) is 5.28 Å². The first-order valence-corrected chi connectivity index (χ1v) is 4.92. The van der Waals surface area contributed by atoms with E-state index in [1.807, 2.05) is 30.3 Å². The van der Waals surface area contributed by atoms with Crippen molar-refractivity contribution in [1.29, 1.82) is 0 Å². The second kappa shape index (κ2) is 4.04. The number of halogens is 1. The lowest BCUT2D eigenvalue weighted by Crippen LogP contribution is -2.21. The van der Waals surface area contributed by atoms with Gasteiger partial charge in [0.15, 0.2) is 5.65 Å². The molecular formula is C9H11ClN4O. The Bertz CT molecular complexity index is 470. The van der Waals surface area contributed by atoms with E-state index in [-0.39, 0.29) is 6.61 Å². The summed E-state index contributed by atoms with van der Waals surface area (Å²) >= 11 is 5.85. The van der Waals surface area contributed by atoms with Crippen LogP contribution in [0.5, 0.6) is 0 Å². The lowest BCUT2D eigenvalue weighted by molar-refractivity contribution is 0.304. The van der Waals surface area contributed by atoms with Crippen LogP contribution in [0.15, 0.2) is 18.3 Å². The van der Waals surface area contributed by atoms with Crippen molar-refractivity contribution in [3.05, 3.63) is 23.6 Å². The third kappa shape index (κ3) is 1.88. The molecule has 2 aromatic heterocycles. The lowest BCUT2D eigenvalue weighted by atomic mass is 10.3. The van der Waals surface area contributed by atoms with Crippen LogP contribution >= 0.6 is 11.6 Å². The summed E-state index contributed by atoms with van der Waals surface area (Å²) in [7, 11) is 1.90. The van der Waals surface area contributed by atoms with E-state index in [1.54, 1.807) is 4.40 Å². The number of aromatic nitrogens is 3. The summed E-state index contributed by atoms with van der Waals surface area (Å²) in [6.45, 7) is 0.690. The van der Waals surface area contributed by atoms with Crippen LogP contribution in [-0.2, 0) is 0 Å². The van der Waals surface area contributed by atoms with E-state index >= 15 is 0 Å². The molecule has 0 aliphatic carbocycles. The molecule has 15 heavy (non-hydrogen) atoms. The zero-order chi connectivity index (χ0) is 10.8. The summed E-state index contributed by atoms with van der Waals surface area (Å²) in [5, 5.41) is 16.8. The van der Waals surface area contributed by atoms with Crippen molar-refractivity contribution in [3.8, 4) is 0 Å². The second-order valence-electron chi connectivity index (χ2n) is 3.23. The van der Waals surface area contributed by atoms with Gasteiger partial charge in [-0.25, -0.2) is 0 Å². The SMILES string of the molecule is CN(CCO)c1ccc2nnc(Cl)n2c1. The van der Waals surface area contributed by atoms with E-state index in [1.165, 1.54) is 0 Å². The molecule has 0 amide bonds. The van der Waals surface area contributed by atoms with Gasteiger partial charge >= 0.3 is 0 Å². The van der Waals surface area contributed by atoms with Crippen molar-refractivity contribution in [2.24, 2.45) is 0 Å². The monoisotopic (exact) mass is 226 g/mol. The highest BCUT2D eigenvalue weighted by molar-refractivity contribution is 6.28. The van der Waals surface area contributed by atoms with Gasteiger partial charge in [0.1, 0.15) is 0 Å². The summed E-state index contributed by atoms with van der Waals surface area (Å²) in [5.41, 5.74) is 1.67. The van der Waals surface area contributed by atoms with Crippen LogP contribution in [-0.4, -0.2) is 39.9 Å². The normalized spacial score (nSPS) is 10.9. The average molecular weight is 227 g/mol. The summed E-state index contributed by atoms with van der Waals surface area (Å²) in [6.07, 6.45) is 1.84. The quantitative estimate of drug-likeness (QED) is 0.842. The van der Waals surface area contributed by atoms with Gasteiger partial charge in [-0.15, -0.1) is 10.2 Å². The van der Waals surface area contributed by atoms with Crippen molar-refractivity contribution in [1.82, 2.24) is 14.6 Å². The van der Waals surface area contributed by atoms with Crippen molar-refractivity contribution < 1.29 is 5.11 Å². The van der Waals surface area contributed by atoms with Crippen molar-refractivity contribution in [3.63, 3.8) is 0 Å². The molecule has 0 aromatic carbocycles. The molecule has 2 aromatic rings. The molecule has 0 fully saturated rings. The number of rotatable bonds is 3. The van der Waals surface area contributed by atoms with Crippen LogP contribution in [0.2, 0.25) is 5.28 Å². The molecule has 0 bridgehead atoms. The summed E-state index contributed by atoms with van der Waals surface area (Å²) in [4.78, 5) is 1.93. The van der Waals surface area contributed by atoms with Crippen molar-refractivity contribution >= 4 is 22.9 Å². The van der Waals surface area contributed by atoms with Gasteiger partial charge in [0.05, 0.1) is 12.3 Å². The number of aliphatic hydroxyl groups is 1. The Morgan fingerprint density at radius 3 is 3.00 bits per heavy atom. The minimum atomic E-state index is 0.116. The number of hydrogen-bond acceptors (Lipinski definition) is 4. The van der Waals surface area contributed by atoms with Crippen LogP contribution in [0, 0.1) is 0 Å². The lowest BCUT2D eigenvalue weighted by Gasteiger charge is -2.17. The third-order valence-corrected chi connectivity index (χ3v) is 2.48. The highest BCUT2D eigenvalue weighted by Crippen LogP contribution is 2.16. The number of aliphatic hydroxyl groups excluding tert-OH is 1. The van der Waals surface area contributed by atoms with Crippen LogP contribution in [0.3, 0.4) is 0 Å². The van der Waals surface area contributed by atoms with Gasteiger partial charge < -0.3 is 10.0 Å². The molecule has 2 rings (SSSR count). The predicted octanol–water partition coefficient (Wildman–Crippen LogP) is 0.811. The second-order valence-corrected chi connectivity index (χ2v) is 3.57. The zero-order valence-electron chi connectivity index (χ0n) is 8.26. The van der Waals surface area contributed by atoms with Crippen LogP contribution in [0.25, 0.3) is 5.65 Å². The maximum absolute atomic E-state index is 8.83. The molecule has 80 valence electrons. The fourth-order valence-corrected chi connectivity index (χ4v) is 1.53. The highest BCUT2D eigenvalue weighted by Gasteiger charge is 2.05. The zero-order valence-corrected chi connectivity index (χ0v) is 9.02. The Morgan fingerprint density at radius 2 is 2.27 bits per heavy atom. The topological polar surface area (TPSA) is 53.7 Å². The first-order chi connectivity index (χ1) is 7.22. The van der Waals surface area contributed by atoms with Crippen LogP contribution in [0.1, 0.15) is 0 Å². The molecule has 1 N–H and O–H groups in total. The molecule has 0 saturated carbocycles. The standard InChI is InChI=1S/C9H11ClN4O/c1-13(4-5-15)7-2-3-8-11-12-9(10)14(8)6-7/h2-3,6,15H,4-5H2,1H3. The van der Waals surface area contributed by atoms with Gasteiger partial charge in [-0.3, -0.25) is 4.40 Å². The predicted molar refractivity (Wildman–Crippen MR) is 58.4 cm³/mol. The Hall–Kier alpha value is -1.33. The smallest absolute Gasteiger partial charge is 0.229 e. The van der Waals surface area contributed by atoms with E-state index in [4.69, 9.17) is 16.7 Å². The van der Waals surface area contributed by atoms with E-state index < -0.39 is 0 Å². The van der Waals surface area contributed by atoms with Gasteiger partial charge in [-0.1, -0.05) is 0 Å². The van der Waals surface area contributed by atoms with E-state index in [9.17, 15) is 0 Å². The molecule has 0 aliphatic heterocycles. The number of anilines is 1. The summed E-state index contributed by atoms with van der Waals surface area (Å²) < 4.78 is 1.70. The Morgan fingerprint density at radius 1 is 1.47 bits per heavy atom. The Balaban J connectivity index is 2.41. The number of likely N-dealkylation sites (N-methyl/N-ethyl adjacent to an activating group) is 1. The number of nitrogens with zero attached hydrogens (tertiary/aromatic N) is 4. The van der Waals surface area contributed by atoms with Gasteiger partial charge in [0, 0.05) is 19.8 Å². The first kappa shape index (κ1) is 10.2. The van der Waals surface area contributed by atoms with Gasteiger partial charge in [0.25, 0.3) is 0 Å². The summed E-state index contributed by atoms with van der Waals surface area (Å²) in [5.74, 6) is 0. The molecule has 0 aliphatic rings. The van der Waals surface area contributed by atoms with Gasteiger partial charge in [-0.2, -0.15) is 0 Å². The maximum Gasteiger partial charge on any atom is 0.229 e. The van der Waals surface area contributed by atoms with Crippen molar-refractivity contribution in [2.45, 2.75) is 0 Å². The van der Waals surface area contributed by atoms with E-state index in [2.05, 4.69) is 10.2 Å². The minimum absolute atomic E-state index is 0.116. The highest BCUT2D eigenvalue weighted by atomic mass is 35.5. The molecule has 0 radical (unpaired) electrons. The minimum Gasteiger partial charge on any atom is -0.395 e. The molecular weight excluding hydrogens is 216 g/mol. The van der Waals surface area contributed by atoms with E-state index in [0.717, 1.165) is 5.69 Å². The van der Waals surface area contributed by atoms with Crippen LogP contribution in [0.4, 0.5) is 5.69 Å². The number of hydrogen-bond donors (Lipinski definition) is 1. The molecule has 2 heterocycles. The number of fused-ring (bicyclic) bond motifs is 1. The van der Waals surface area contributed by atoms with Crippen molar-refractivity contribution in [2.75, 3.05) is 25.1 Å². The fraction of sp³-hybridized carbons (Fsp3) is 0.333. The number of pyridine rings is 1. The first-order valence-electron chi connectivity index (χ1n) is 4.54. The summed E-state index contributed by atoms with van der Waals surface area (Å²) in [6, 6.07) is 3.75. The van der Waals surface area contributed by atoms with Gasteiger partial charge in [-0.05, 0) is 23.7 Å². The third-order valence-electron chi connectivity index (χ3n) is 2.22.